The van der Waals surface area contributed by atoms with E-state index >= 15 is 0 Å². The molecule has 0 spiro atoms. The van der Waals surface area contributed by atoms with Gasteiger partial charge in [0.1, 0.15) is 0 Å². The van der Waals surface area contributed by atoms with E-state index in [1.807, 2.05) is 0 Å². The van der Waals surface area contributed by atoms with Crippen molar-refractivity contribution in [1.29, 1.82) is 0 Å². The van der Waals surface area contributed by atoms with Crippen molar-refractivity contribution in [2.75, 3.05) is 26.4 Å². The van der Waals surface area contributed by atoms with Crippen LogP contribution < -0.4 is 0 Å². The van der Waals surface area contributed by atoms with E-state index < -0.39 is 0 Å². The molecule has 3 heteroatoms. The predicted molar refractivity (Wildman–Crippen MR) is 62.6 cm³/mol. The van der Waals surface area contributed by atoms with Gasteiger partial charge in [0.25, 0.3) is 0 Å². The topological polar surface area (TPSA) is 27.7 Å². The standard InChI is InChI=1S/C13H24O3/c1-2-5-12(4-1)15-10-8-14-9-11-16-13-6-3-7-13/h12-13H,1-11H2. The van der Waals surface area contributed by atoms with Crippen molar-refractivity contribution in [2.45, 2.75) is 57.2 Å². The largest absolute Gasteiger partial charge is 0.377 e. The molecule has 2 fully saturated rings. The van der Waals surface area contributed by atoms with Crippen LogP contribution in [0.25, 0.3) is 0 Å². The van der Waals surface area contributed by atoms with Crippen LogP contribution in [0.5, 0.6) is 0 Å². The van der Waals surface area contributed by atoms with Crippen LogP contribution in [-0.4, -0.2) is 38.6 Å². The molecule has 0 heterocycles. The van der Waals surface area contributed by atoms with Gasteiger partial charge in [-0.3, -0.25) is 0 Å². The molecule has 94 valence electrons. The molecular formula is C13H24O3. The quantitative estimate of drug-likeness (QED) is 0.597. The summed E-state index contributed by atoms with van der Waals surface area (Å²) in [7, 11) is 0. The molecule has 0 aliphatic heterocycles. The summed E-state index contributed by atoms with van der Waals surface area (Å²) in [5.74, 6) is 0. The highest BCUT2D eigenvalue weighted by atomic mass is 16.5. The minimum absolute atomic E-state index is 0.509. The van der Waals surface area contributed by atoms with Crippen molar-refractivity contribution in [2.24, 2.45) is 0 Å². The van der Waals surface area contributed by atoms with E-state index in [1.54, 1.807) is 0 Å². The number of ether oxygens (including phenoxy) is 3. The molecule has 2 rings (SSSR count). The molecule has 0 amide bonds. The first kappa shape index (κ1) is 12.3. The van der Waals surface area contributed by atoms with Crippen molar-refractivity contribution in [3.05, 3.63) is 0 Å². The number of rotatable bonds is 8. The van der Waals surface area contributed by atoms with Gasteiger partial charge in [0.05, 0.1) is 38.6 Å². The van der Waals surface area contributed by atoms with E-state index in [-0.39, 0.29) is 0 Å². The summed E-state index contributed by atoms with van der Waals surface area (Å²) in [6.45, 7) is 2.91. The molecule has 0 atom stereocenters. The summed E-state index contributed by atoms with van der Waals surface area (Å²) in [6, 6.07) is 0. The van der Waals surface area contributed by atoms with Gasteiger partial charge in [0.15, 0.2) is 0 Å². The van der Waals surface area contributed by atoms with Gasteiger partial charge in [-0.15, -0.1) is 0 Å². The normalized spacial score (nSPS) is 22.5. The Balaban J connectivity index is 1.32. The van der Waals surface area contributed by atoms with E-state index in [4.69, 9.17) is 14.2 Å². The zero-order chi connectivity index (χ0) is 11.1. The third-order valence-corrected chi connectivity index (χ3v) is 3.52. The monoisotopic (exact) mass is 228 g/mol. The molecule has 0 aromatic heterocycles. The van der Waals surface area contributed by atoms with E-state index in [9.17, 15) is 0 Å². The second-order valence-corrected chi connectivity index (χ2v) is 4.81. The molecule has 3 nitrogen and oxygen atoms in total. The van der Waals surface area contributed by atoms with Crippen LogP contribution in [0.3, 0.4) is 0 Å². The fourth-order valence-electron chi connectivity index (χ4n) is 2.24. The highest BCUT2D eigenvalue weighted by Crippen LogP contribution is 2.21. The second kappa shape index (κ2) is 7.25. The van der Waals surface area contributed by atoms with Crippen LogP contribution in [0, 0.1) is 0 Å². The Kier molecular flexibility index (Phi) is 5.59. The third-order valence-electron chi connectivity index (χ3n) is 3.52. The van der Waals surface area contributed by atoms with E-state index in [2.05, 4.69) is 0 Å². The Labute approximate surface area is 98.4 Å². The minimum Gasteiger partial charge on any atom is -0.377 e. The molecule has 0 N–H and O–H groups in total. The van der Waals surface area contributed by atoms with Crippen molar-refractivity contribution in [3.8, 4) is 0 Å². The molecule has 0 aromatic rings. The summed E-state index contributed by atoms with van der Waals surface area (Å²) < 4.78 is 16.8. The first-order chi connectivity index (χ1) is 7.95. The molecule has 0 unspecified atom stereocenters. The lowest BCUT2D eigenvalue weighted by Crippen LogP contribution is -2.23. The molecule has 16 heavy (non-hydrogen) atoms. The Morgan fingerprint density at radius 3 is 1.56 bits per heavy atom. The zero-order valence-corrected chi connectivity index (χ0v) is 10.2. The summed E-state index contributed by atoms with van der Waals surface area (Å²) in [6.07, 6.45) is 10.0. The molecule has 0 radical (unpaired) electrons. The number of hydrogen-bond donors (Lipinski definition) is 0. The lowest BCUT2D eigenvalue weighted by Gasteiger charge is -2.25. The molecule has 0 saturated heterocycles. The first-order valence-corrected chi connectivity index (χ1v) is 6.76. The first-order valence-electron chi connectivity index (χ1n) is 6.76. The van der Waals surface area contributed by atoms with E-state index in [0.29, 0.717) is 25.4 Å². The smallest absolute Gasteiger partial charge is 0.0704 e. The van der Waals surface area contributed by atoms with Crippen molar-refractivity contribution >= 4 is 0 Å². The number of hydrogen-bond acceptors (Lipinski definition) is 3. The second-order valence-electron chi connectivity index (χ2n) is 4.81. The van der Waals surface area contributed by atoms with Crippen LogP contribution in [0.1, 0.15) is 44.9 Å². The molecule has 0 bridgehead atoms. The van der Waals surface area contributed by atoms with Crippen molar-refractivity contribution in [3.63, 3.8) is 0 Å². The van der Waals surface area contributed by atoms with Crippen LogP contribution in [0.15, 0.2) is 0 Å². The van der Waals surface area contributed by atoms with Crippen molar-refractivity contribution in [1.82, 2.24) is 0 Å². The maximum absolute atomic E-state index is 5.70. The average molecular weight is 228 g/mol. The minimum atomic E-state index is 0.509. The summed E-state index contributed by atoms with van der Waals surface area (Å²) >= 11 is 0. The third kappa shape index (κ3) is 4.40. The Bertz CT molecular complexity index is 174. The Morgan fingerprint density at radius 1 is 0.625 bits per heavy atom. The highest BCUT2D eigenvalue weighted by Gasteiger charge is 2.17. The van der Waals surface area contributed by atoms with Gasteiger partial charge in [-0.2, -0.15) is 0 Å². The van der Waals surface area contributed by atoms with E-state index in [0.717, 1.165) is 13.2 Å². The van der Waals surface area contributed by atoms with Gasteiger partial charge in [0.2, 0.25) is 0 Å². The van der Waals surface area contributed by atoms with Crippen LogP contribution in [-0.2, 0) is 14.2 Å². The zero-order valence-electron chi connectivity index (χ0n) is 10.2. The van der Waals surface area contributed by atoms with Gasteiger partial charge in [0, 0.05) is 0 Å². The summed E-state index contributed by atoms with van der Waals surface area (Å²) in [4.78, 5) is 0. The summed E-state index contributed by atoms with van der Waals surface area (Å²) in [5, 5.41) is 0. The van der Waals surface area contributed by atoms with Gasteiger partial charge >= 0.3 is 0 Å². The van der Waals surface area contributed by atoms with E-state index in [1.165, 1.54) is 44.9 Å². The lowest BCUT2D eigenvalue weighted by atomic mass is 9.96. The maximum Gasteiger partial charge on any atom is 0.0704 e. The molecule has 2 saturated carbocycles. The maximum atomic E-state index is 5.70. The Hall–Kier alpha value is -0.120. The molecule has 0 aromatic carbocycles. The lowest BCUT2D eigenvalue weighted by molar-refractivity contribution is -0.0431. The van der Waals surface area contributed by atoms with Crippen LogP contribution >= 0.6 is 0 Å². The molecule has 2 aliphatic carbocycles. The van der Waals surface area contributed by atoms with Crippen LogP contribution in [0.2, 0.25) is 0 Å². The summed E-state index contributed by atoms with van der Waals surface area (Å²) in [5.41, 5.74) is 0. The average Bonchev–Trinajstić information content (AvgIpc) is 2.72. The predicted octanol–water partition coefficient (Wildman–Crippen LogP) is 2.53. The molecule has 2 aliphatic rings. The van der Waals surface area contributed by atoms with Gasteiger partial charge in [-0.1, -0.05) is 12.8 Å². The van der Waals surface area contributed by atoms with Gasteiger partial charge in [-0.05, 0) is 32.1 Å². The SMILES string of the molecule is C1CCC(OCCOCCOC2CCC2)C1. The Morgan fingerprint density at radius 2 is 1.12 bits per heavy atom. The molecular weight excluding hydrogens is 204 g/mol. The fourth-order valence-corrected chi connectivity index (χ4v) is 2.24. The van der Waals surface area contributed by atoms with Crippen molar-refractivity contribution < 1.29 is 14.2 Å². The fraction of sp³-hybridized carbons (Fsp3) is 1.00. The van der Waals surface area contributed by atoms with Gasteiger partial charge < -0.3 is 14.2 Å². The van der Waals surface area contributed by atoms with Gasteiger partial charge in [-0.25, -0.2) is 0 Å². The van der Waals surface area contributed by atoms with Crippen LogP contribution in [0.4, 0.5) is 0 Å². The highest BCUT2D eigenvalue weighted by molar-refractivity contribution is 4.68.